The highest BCUT2D eigenvalue weighted by molar-refractivity contribution is 9.10. The number of nitrogens with zero attached hydrogens (tertiary/aromatic N) is 2. The first-order chi connectivity index (χ1) is 17.7. The summed E-state index contributed by atoms with van der Waals surface area (Å²) >= 11 is 3.24. The third-order valence-corrected chi connectivity index (χ3v) is 6.79. The molecule has 1 aliphatic rings. The molecule has 208 valence electrons. The highest BCUT2D eigenvalue weighted by atomic mass is 79.9. The molecule has 0 bridgehead atoms. The SMILES string of the molecule is CCOC(=O)c1cc(B2OC(C)(C)C(C)(C)O2)cn(CC)c1=O.CCOC(=O)c1cc(Br)cn(CC)c1=O. The van der Waals surface area contributed by atoms with Gasteiger partial charge in [0.2, 0.25) is 0 Å². The number of carbonyl (C=O) groups excluding carboxylic acids is 2. The minimum Gasteiger partial charge on any atom is -0.462 e. The van der Waals surface area contributed by atoms with Gasteiger partial charge in [0.25, 0.3) is 11.1 Å². The summed E-state index contributed by atoms with van der Waals surface area (Å²) in [6.07, 6.45) is 3.32. The minimum absolute atomic E-state index is 0.000845. The number of pyridine rings is 2. The van der Waals surface area contributed by atoms with Gasteiger partial charge in [0.05, 0.1) is 24.4 Å². The van der Waals surface area contributed by atoms with Crippen LogP contribution in [-0.2, 0) is 31.9 Å². The van der Waals surface area contributed by atoms with Gasteiger partial charge in [-0.2, -0.15) is 0 Å². The maximum atomic E-state index is 12.3. The highest BCUT2D eigenvalue weighted by Crippen LogP contribution is 2.36. The van der Waals surface area contributed by atoms with E-state index in [-0.39, 0.29) is 35.5 Å². The maximum absolute atomic E-state index is 12.3. The molecular formula is C26H36BBrN2O8. The van der Waals surface area contributed by atoms with Gasteiger partial charge in [0.1, 0.15) is 11.1 Å². The molecular weight excluding hydrogens is 559 g/mol. The first-order valence-electron chi connectivity index (χ1n) is 12.6. The fraction of sp³-hybridized carbons (Fsp3) is 0.538. The van der Waals surface area contributed by atoms with Gasteiger partial charge in [-0.25, -0.2) is 9.59 Å². The molecule has 2 aromatic heterocycles. The minimum atomic E-state index is -0.633. The number of ether oxygens (including phenoxy) is 2. The zero-order valence-electron chi connectivity index (χ0n) is 23.3. The molecule has 0 aliphatic carbocycles. The third-order valence-electron chi connectivity index (χ3n) is 6.36. The normalized spacial score (nSPS) is 15.4. The summed E-state index contributed by atoms with van der Waals surface area (Å²) in [6.45, 7) is 16.3. The van der Waals surface area contributed by atoms with Gasteiger partial charge in [-0.15, -0.1) is 0 Å². The molecule has 1 aliphatic heterocycles. The van der Waals surface area contributed by atoms with Crippen molar-refractivity contribution in [1.82, 2.24) is 9.13 Å². The topological polar surface area (TPSA) is 115 Å². The lowest BCUT2D eigenvalue weighted by Crippen LogP contribution is -2.41. The van der Waals surface area contributed by atoms with Gasteiger partial charge in [-0.1, -0.05) is 0 Å². The van der Waals surface area contributed by atoms with E-state index in [1.807, 2.05) is 41.5 Å². The van der Waals surface area contributed by atoms with Crippen LogP contribution in [0.3, 0.4) is 0 Å². The smallest absolute Gasteiger partial charge is 0.462 e. The van der Waals surface area contributed by atoms with Crippen molar-refractivity contribution in [2.45, 2.75) is 79.7 Å². The maximum Gasteiger partial charge on any atom is 0.496 e. The second-order valence-electron chi connectivity index (χ2n) is 9.47. The van der Waals surface area contributed by atoms with Crippen molar-refractivity contribution in [2.24, 2.45) is 0 Å². The molecule has 2 aromatic rings. The van der Waals surface area contributed by atoms with Crippen LogP contribution >= 0.6 is 15.9 Å². The van der Waals surface area contributed by atoms with Gasteiger partial charge in [0.15, 0.2) is 0 Å². The summed E-state index contributed by atoms with van der Waals surface area (Å²) in [6, 6.07) is 2.99. The highest BCUT2D eigenvalue weighted by Gasteiger charge is 2.52. The molecule has 1 saturated heterocycles. The summed E-state index contributed by atoms with van der Waals surface area (Å²) in [7, 11) is -0.633. The van der Waals surface area contributed by atoms with E-state index in [1.165, 1.54) is 21.3 Å². The van der Waals surface area contributed by atoms with Crippen LogP contribution in [0, 0.1) is 0 Å². The number of esters is 2. The Labute approximate surface area is 231 Å². The van der Waals surface area contributed by atoms with Crippen LogP contribution < -0.4 is 16.6 Å². The lowest BCUT2D eigenvalue weighted by atomic mass is 9.79. The van der Waals surface area contributed by atoms with E-state index in [2.05, 4.69) is 15.9 Å². The van der Waals surface area contributed by atoms with Crippen molar-refractivity contribution in [3.63, 3.8) is 0 Å². The molecule has 0 radical (unpaired) electrons. The molecule has 0 unspecified atom stereocenters. The molecule has 0 saturated carbocycles. The van der Waals surface area contributed by atoms with Crippen molar-refractivity contribution >= 4 is 40.4 Å². The number of carbonyl (C=O) groups is 2. The molecule has 0 spiro atoms. The Bertz CT molecular complexity index is 1270. The van der Waals surface area contributed by atoms with Crippen LogP contribution in [0.5, 0.6) is 0 Å². The lowest BCUT2D eigenvalue weighted by molar-refractivity contribution is 0.00578. The van der Waals surface area contributed by atoms with Crippen LogP contribution in [0.2, 0.25) is 0 Å². The molecule has 38 heavy (non-hydrogen) atoms. The molecule has 0 amide bonds. The average molecular weight is 595 g/mol. The van der Waals surface area contributed by atoms with Gasteiger partial charge >= 0.3 is 19.1 Å². The molecule has 0 aromatic carbocycles. The first kappa shape index (κ1) is 31.5. The quantitative estimate of drug-likeness (QED) is 0.355. The summed E-state index contributed by atoms with van der Waals surface area (Å²) in [5, 5.41) is 0. The predicted octanol–water partition coefficient (Wildman–Crippen LogP) is 3.15. The number of hydrogen-bond acceptors (Lipinski definition) is 8. The van der Waals surface area contributed by atoms with E-state index in [9.17, 15) is 19.2 Å². The molecule has 0 atom stereocenters. The second kappa shape index (κ2) is 12.9. The Morgan fingerprint density at radius 2 is 1.24 bits per heavy atom. The Morgan fingerprint density at radius 1 is 0.816 bits per heavy atom. The van der Waals surface area contributed by atoms with Gasteiger partial charge in [-0.05, 0) is 88.9 Å². The van der Waals surface area contributed by atoms with E-state index in [0.29, 0.717) is 23.0 Å². The monoisotopic (exact) mass is 594 g/mol. The van der Waals surface area contributed by atoms with Crippen LogP contribution in [0.15, 0.2) is 38.6 Å². The van der Waals surface area contributed by atoms with Crippen molar-refractivity contribution in [3.8, 4) is 0 Å². The largest absolute Gasteiger partial charge is 0.496 e. The van der Waals surface area contributed by atoms with Crippen molar-refractivity contribution in [3.05, 3.63) is 60.8 Å². The molecule has 3 rings (SSSR count). The Hall–Kier alpha value is -2.70. The van der Waals surface area contributed by atoms with Crippen LogP contribution in [0.1, 0.15) is 76.1 Å². The fourth-order valence-electron chi connectivity index (χ4n) is 3.55. The summed E-state index contributed by atoms with van der Waals surface area (Å²) in [5.74, 6) is -1.20. The number of halogens is 1. The Morgan fingerprint density at radius 3 is 1.66 bits per heavy atom. The van der Waals surface area contributed by atoms with E-state index in [0.717, 1.165) is 0 Å². The lowest BCUT2D eigenvalue weighted by Gasteiger charge is -2.32. The predicted molar refractivity (Wildman–Crippen MR) is 148 cm³/mol. The van der Waals surface area contributed by atoms with E-state index >= 15 is 0 Å². The molecule has 1 fully saturated rings. The van der Waals surface area contributed by atoms with Gasteiger partial charge in [-0.3, -0.25) is 9.59 Å². The average Bonchev–Trinajstić information content (AvgIpc) is 3.07. The number of rotatable bonds is 7. The molecule has 10 nitrogen and oxygen atoms in total. The summed E-state index contributed by atoms with van der Waals surface area (Å²) in [5.41, 5.74) is -0.975. The van der Waals surface area contributed by atoms with E-state index < -0.39 is 30.3 Å². The fourth-order valence-corrected chi connectivity index (χ4v) is 4.02. The Balaban J connectivity index is 0.000000293. The van der Waals surface area contributed by atoms with E-state index in [1.54, 1.807) is 26.2 Å². The molecule has 0 N–H and O–H groups in total. The third kappa shape index (κ3) is 7.03. The van der Waals surface area contributed by atoms with Crippen LogP contribution in [-0.4, -0.2) is 52.6 Å². The zero-order chi connectivity index (χ0) is 28.8. The number of aryl methyl sites for hydroxylation is 2. The standard InChI is InChI=1S/C16H24BNO5.C10H12BrNO3/c1-7-18-10-11(9-12(13(18)19)14(20)21-8-2)17-22-15(3,4)16(5,6)23-17;1-3-12-6-7(11)5-8(9(12)13)10(14)15-4-2/h9-10H,7-8H2,1-6H3;5-6H,3-4H2,1-2H3. The number of hydrogen-bond donors (Lipinski definition) is 0. The molecule has 3 heterocycles. The molecule has 12 heteroatoms. The summed E-state index contributed by atoms with van der Waals surface area (Å²) < 4.78 is 25.4. The summed E-state index contributed by atoms with van der Waals surface area (Å²) in [4.78, 5) is 47.5. The van der Waals surface area contributed by atoms with Crippen molar-refractivity contribution in [2.75, 3.05) is 13.2 Å². The van der Waals surface area contributed by atoms with Crippen molar-refractivity contribution in [1.29, 1.82) is 0 Å². The number of aromatic nitrogens is 2. The zero-order valence-corrected chi connectivity index (χ0v) is 24.8. The van der Waals surface area contributed by atoms with Gasteiger partial charge < -0.3 is 27.9 Å². The first-order valence-corrected chi connectivity index (χ1v) is 13.4. The Kier molecular flexibility index (Phi) is 10.7. The second-order valence-corrected chi connectivity index (χ2v) is 10.4. The van der Waals surface area contributed by atoms with Crippen molar-refractivity contribution < 1.29 is 28.4 Å². The van der Waals surface area contributed by atoms with Crippen LogP contribution in [0.25, 0.3) is 0 Å². The van der Waals surface area contributed by atoms with Gasteiger partial charge in [0, 0.05) is 30.0 Å². The van der Waals surface area contributed by atoms with Crippen LogP contribution in [0.4, 0.5) is 0 Å². The van der Waals surface area contributed by atoms with E-state index in [4.69, 9.17) is 18.8 Å².